The molecule has 2 aliphatic heterocycles. The minimum Gasteiger partial charge on any atom is -0.454 e. The number of benzene rings is 1. The fraction of sp³-hybridized carbons (Fsp3) is 0.444. The van der Waals surface area contributed by atoms with Crippen LogP contribution < -0.4 is 9.47 Å². The zero-order chi connectivity index (χ0) is 17.4. The molecule has 1 fully saturated rings. The van der Waals surface area contributed by atoms with Crippen LogP contribution in [0.15, 0.2) is 30.6 Å². The maximum Gasteiger partial charge on any atom is 0.254 e. The van der Waals surface area contributed by atoms with Crippen molar-refractivity contribution in [1.29, 1.82) is 0 Å². The Morgan fingerprint density at radius 3 is 2.96 bits per heavy atom. The van der Waals surface area contributed by atoms with Gasteiger partial charge >= 0.3 is 0 Å². The van der Waals surface area contributed by atoms with Crippen LogP contribution >= 0.6 is 0 Å². The summed E-state index contributed by atoms with van der Waals surface area (Å²) in [6.07, 6.45) is 5.40. The number of hydrogen-bond acceptors (Lipinski definition) is 5. The van der Waals surface area contributed by atoms with Crippen LogP contribution in [0, 0.1) is 0 Å². The van der Waals surface area contributed by atoms with E-state index in [1.54, 1.807) is 30.0 Å². The standard InChI is InChI=1S/C18H21N3O4/c1-20-10-12(9-19-20)7-14-15(23-2)5-6-21(14)18(22)13-3-4-16-17(8-13)25-11-24-16/h3-4,8-10,14-15H,5-7,11H2,1-2H3/t14-,15+/m0/s1. The van der Waals surface area contributed by atoms with E-state index < -0.39 is 0 Å². The quantitative estimate of drug-likeness (QED) is 0.844. The Labute approximate surface area is 146 Å². The normalized spacial score (nSPS) is 21.8. The molecule has 0 N–H and O–H groups in total. The summed E-state index contributed by atoms with van der Waals surface area (Å²) in [7, 11) is 3.59. The minimum absolute atomic E-state index is 0.00729. The maximum atomic E-state index is 13.1. The monoisotopic (exact) mass is 343 g/mol. The third-order valence-electron chi connectivity index (χ3n) is 4.87. The third-order valence-corrected chi connectivity index (χ3v) is 4.87. The molecule has 0 bridgehead atoms. The molecule has 2 aliphatic rings. The van der Waals surface area contributed by atoms with E-state index >= 15 is 0 Å². The number of hydrogen-bond donors (Lipinski definition) is 0. The lowest BCUT2D eigenvalue weighted by atomic mass is 10.0. The van der Waals surface area contributed by atoms with E-state index in [9.17, 15) is 4.79 Å². The average Bonchev–Trinajstić information content (AvgIpc) is 3.33. The molecular formula is C18H21N3O4. The van der Waals surface area contributed by atoms with Gasteiger partial charge in [0, 0.05) is 32.5 Å². The van der Waals surface area contributed by atoms with Gasteiger partial charge in [0.05, 0.1) is 18.3 Å². The highest BCUT2D eigenvalue weighted by molar-refractivity contribution is 5.95. The molecule has 1 aromatic carbocycles. The van der Waals surface area contributed by atoms with Gasteiger partial charge in [0.15, 0.2) is 11.5 Å². The van der Waals surface area contributed by atoms with Crippen LogP contribution in [0.1, 0.15) is 22.3 Å². The van der Waals surface area contributed by atoms with Crippen molar-refractivity contribution in [3.63, 3.8) is 0 Å². The fourth-order valence-corrected chi connectivity index (χ4v) is 3.61. The van der Waals surface area contributed by atoms with Crippen LogP contribution in [0.25, 0.3) is 0 Å². The highest BCUT2D eigenvalue weighted by Crippen LogP contribution is 2.34. The first-order valence-corrected chi connectivity index (χ1v) is 8.36. The van der Waals surface area contributed by atoms with Crippen LogP contribution in [0.4, 0.5) is 0 Å². The predicted molar refractivity (Wildman–Crippen MR) is 89.7 cm³/mol. The number of rotatable bonds is 4. The van der Waals surface area contributed by atoms with Gasteiger partial charge in [-0.15, -0.1) is 0 Å². The Bertz CT molecular complexity index is 788. The van der Waals surface area contributed by atoms with Crippen LogP contribution in [-0.4, -0.2) is 53.2 Å². The molecule has 0 unspecified atom stereocenters. The molecule has 0 radical (unpaired) electrons. The number of methoxy groups -OCH3 is 1. The van der Waals surface area contributed by atoms with Gasteiger partial charge in [-0.25, -0.2) is 0 Å². The number of nitrogens with zero attached hydrogens (tertiary/aromatic N) is 3. The number of aryl methyl sites for hydroxylation is 1. The van der Waals surface area contributed by atoms with Crippen molar-refractivity contribution in [2.75, 3.05) is 20.4 Å². The summed E-state index contributed by atoms with van der Waals surface area (Å²) >= 11 is 0. The van der Waals surface area contributed by atoms with Gasteiger partial charge in [0.25, 0.3) is 5.91 Å². The maximum absolute atomic E-state index is 13.1. The molecule has 7 heteroatoms. The molecule has 4 rings (SSSR count). The zero-order valence-corrected chi connectivity index (χ0v) is 14.3. The van der Waals surface area contributed by atoms with Crippen LogP contribution in [-0.2, 0) is 18.2 Å². The summed E-state index contributed by atoms with van der Waals surface area (Å²) in [5.74, 6) is 1.29. The highest BCUT2D eigenvalue weighted by Gasteiger charge is 2.38. The summed E-state index contributed by atoms with van der Waals surface area (Å²) in [5, 5.41) is 4.22. The average molecular weight is 343 g/mol. The third kappa shape index (κ3) is 2.95. The molecule has 1 amide bonds. The zero-order valence-electron chi connectivity index (χ0n) is 14.3. The molecule has 1 aromatic heterocycles. The number of amides is 1. The summed E-state index contributed by atoms with van der Waals surface area (Å²) in [5.41, 5.74) is 1.71. The second kappa shape index (κ2) is 6.40. The van der Waals surface area contributed by atoms with E-state index in [0.29, 0.717) is 23.6 Å². The van der Waals surface area contributed by atoms with Gasteiger partial charge in [-0.05, 0) is 36.6 Å². The Morgan fingerprint density at radius 2 is 2.20 bits per heavy atom. The fourth-order valence-electron chi connectivity index (χ4n) is 3.61. The van der Waals surface area contributed by atoms with Crippen molar-refractivity contribution in [3.05, 3.63) is 41.7 Å². The Morgan fingerprint density at radius 1 is 1.36 bits per heavy atom. The van der Waals surface area contributed by atoms with Crippen molar-refractivity contribution < 1.29 is 19.0 Å². The summed E-state index contributed by atoms with van der Waals surface area (Å²) in [6, 6.07) is 5.32. The summed E-state index contributed by atoms with van der Waals surface area (Å²) < 4.78 is 18.1. The number of aromatic nitrogens is 2. The number of carbonyl (C=O) groups is 1. The van der Waals surface area contributed by atoms with Crippen molar-refractivity contribution in [2.45, 2.75) is 25.0 Å². The van der Waals surface area contributed by atoms with Crippen LogP contribution in [0.5, 0.6) is 11.5 Å². The SMILES string of the molecule is CO[C@@H]1CCN(C(=O)c2ccc3c(c2)OCO3)[C@H]1Cc1cnn(C)c1. The van der Waals surface area contributed by atoms with E-state index in [0.717, 1.165) is 18.4 Å². The molecule has 2 aromatic rings. The first-order chi connectivity index (χ1) is 12.2. The topological polar surface area (TPSA) is 65.8 Å². The lowest BCUT2D eigenvalue weighted by Gasteiger charge is -2.27. The van der Waals surface area contributed by atoms with Crippen LogP contribution in [0.3, 0.4) is 0 Å². The highest BCUT2D eigenvalue weighted by atomic mass is 16.7. The van der Waals surface area contributed by atoms with Gasteiger partial charge in [0.1, 0.15) is 0 Å². The first-order valence-electron chi connectivity index (χ1n) is 8.36. The van der Waals surface area contributed by atoms with Gasteiger partial charge in [0.2, 0.25) is 6.79 Å². The molecule has 0 spiro atoms. The van der Waals surface area contributed by atoms with E-state index in [1.165, 1.54) is 0 Å². The molecule has 1 saturated heterocycles. The molecule has 3 heterocycles. The largest absolute Gasteiger partial charge is 0.454 e. The Balaban J connectivity index is 1.57. The van der Waals surface area contributed by atoms with Gasteiger partial charge in [-0.2, -0.15) is 5.10 Å². The number of fused-ring (bicyclic) bond motifs is 1. The van der Waals surface area contributed by atoms with Crippen molar-refractivity contribution in [3.8, 4) is 11.5 Å². The Kier molecular flexibility index (Phi) is 4.09. The second-order valence-electron chi connectivity index (χ2n) is 6.42. The van der Waals surface area contributed by atoms with E-state index in [1.807, 2.05) is 24.3 Å². The van der Waals surface area contributed by atoms with Gasteiger partial charge in [-0.1, -0.05) is 0 Å². The first kappa shape index (κ1) is 16.0. The number of carbonyl (C=O) groups excluding carboxylic acids is 1. The minimum atomic E-state index is -0.00765. The van der Waals surface area contributed by atoms with E-state index in [-0.39, 0.29) is 24.8 Å². The van der Waals surface area contributed by atoms with Gasteiger partial charge in [-0.3, -0.25) is 9.48 Å². The lowest BCUT2D eigenvalue weighted by molar-refractivity contribution is 0.0508. The van der Waals surface area contributed by atoms with Crippen molar-refractivity contribution in [1.82, 2.24) is 14.7 Å². The summed E-state index contributed by atoms with van der Waals surface area (Å²) in [6.45, 7) is 0.878. The molecule has 7 nitrogen and oxygen atoms in total. The van der Waals surface area contributed by atoms with Crippen molar-refractivity contribution in [2.24, 2.45) is 7.05 Å². The molecule has 25 heavy (non-hydrogen) atoms. The lowest BCUT2D eigenvalue weighted by Crippen LogP contribution is -2.41. The van der Waals surface area contributed by atoms with Gasteiger partial charge < -0.3 is 19.1 Å². The number of ether oxygens (including phenoxy) is 3. The molecule has 0 saturated carbocycles. The molecule has 2 atom stereocenters. The van der Waals surface area contributed by atoms with E-state index in [2.05, 4.69) is 5.10 Å². The van der Waals surface area contributed by atoms with Crippen molar-refractivity contribution >= 4 is 5.91 Å². The van der Waals surface area contributed by atoms with E-state index in [4.69, 9.17) is 14.2 Å². The smallest absolute Gasteiger partial charge is 0.254 e. The molecule has 132 valence electrons. The second-order valence-corrected chi connectivity index (χ2v) is 6.42. The Hall–Kier alpha value is -2.54. The molecular weight excluding hydrogens is 322 g/mol. The predicted octanol–water partition coefficient (Wildman–Crippen LogP) is 1.62. The molecule has 0 aliphatic carbocycles. The van der Waals surface area contributed by atoms with Crippen LogP contribution in [0.2, 0.25) is 0 Å². The summed E-state index contributed by atoms with van der Waals surface area (Å²) in [4.78, 5) is 15.0. The number of likely N-dealkylation sites (tertiary alicyclic amines) is 1.